The Kier molecular flexibility index (Phi) is 35.4. The first-order chi connectivity index (χ1) is 49.8. The zero-order valence-electron chi connectivity index (χ0n) is 67.2. The van der Waals surface area contributed by atoms with Gasteiger partial charge in [-0.05, 0) is 142 Å². The van der Waals surface area contributed by atoms with E-state index in [1.54, 1.807) is 56.6 Å². The summed E-state index contributed by atoms with van der Waals surface area (Å²) in [6, 6.07) is 55.0. The topological polar surface area (TPSA) is 153 Å². The van der Waals surface area contributed by atoms with Gasteiger partial charge < -0.3 is 13.7 Å². The maximum atomic E-state index is 13.1. The number of furan rings is 1. The molecule has 0 bridgehead atoms. The van der Waals surface area contributed by atoms with Crippen molar-refractivity contribution in [3.05, 3.63) is 268 Å². The molecule has 0 radical (unpaired) electrons. The molecule has 0 atom stereocenters. The molecule has 14 nitrogen and oxygen atoms in total. The number of alkyl halides is 3. The highest BCUT2D eigenvalue weighted by Gasteiger charge is 2.39. The molecule has 8 heterocycles. The SMILES string of the molecule is C.CC(C)c1cc(C(C)(C)C)nn1C.CC(C)c1ccc(-c2ccccc2)o1.CC(C)c1ccc(Oc2ccccc2)nc1.CC(C)c1ccc2ccccc2n1.CC(C)c1cnn(-c2ccccc2)c1C(F)(F)F.CC(C)c1nccnc1Cl.Cc1cc(C(C)C)n(C(C)(C)C)n1.Cc1cc(C(C)C)no1. The third-order valence-electron chi connectivity index (χ3n) is 16.4. The van der Waals surface area contributed by atoms with Gasteiger partial charge in [0.25, 0.3) is 0 Å². The van der Waals surface area contributed by atoms with E-state index in [0.29, 0.717) is 58.1 Å². The fourth-order valence-corrected chi connectivity index (χ4v) is 10.6. The predicted molar refractivity (Wildman–Crippen MR) is 437 cm³/mol. The van der Waals surface area contributed by atoms with E-state index in [0.717, 1.165) is 55.9 Å². The number of hydrogen-bond donors (Lipinski definition) is 0. The summed E-state index contributed by atoms with van der Waals surface area (Å²) in [6.07, 6.45) is 1.99. The molecule has 4 aromatic carbocycles. The first-order valence-corrected chi connectivity index (χ1v) is 37.1. The second kappa shape index (κ2) is 42.2. The average Bonchev–Trinajstić information content (AvgIpc) is 1.69. The minimum atomic E-state index is -4.41. The van der Waals surface area contributed by atoms with Crippen molar-refractivity contribution < 1.29 is 26.8 Å². The van der Waals surface area contributed by atoms with Gasteiger partial charge in [0.1, 0.15) is 23.0 Å². The first-order valence-electron chi connectivity index (χ1n) is 36.7. The molecule has 107 heavy (non-hydrogen) atoms. The molecule has 0 saturated carbocycles. The Morgan fingerprint density at radius 3 is 1.54 bits per heavy atom. The number of hydrogen-bond acceptors (Lipinski definition) is 11. The Labute approximate surface area is 642 Å². The second-order valence-corrected chi connectivity index (χ2v) is 30.8. The molecule has 8 aromatic heterocycles. The van der Waals surface area contributed by atoms with Crippen molar-refractivity contribution in [1.29, 1.82) is 0 Å². The van der Waals surface area contributed by atoms with Gasteiger partial charge in [0.2, 0.25) is 5.88 Å². The van der Waals surface area contributed by atoms with E-state index in [9.17, 15) is 13.2 Å². The zero-order chi connectivity index (χ0) is 78.8. The molecule has 0 aliphatic carbocycles. The highest BCUT2D eigenvalue weighted by atomic mass is 35.5. The summed E-state index contributed by atoms with van der Waals surface area (Å²) >= 11 is 5.75. The summed E-state index contributed by atoms with van der Waals surface area (Å²) in [5.74, 6) is 7.48. The molecule has 0 aliphatic rings. The number of para-hydroxylation sites is 3. The maximum Gasteiger partial charge on any atom is 0.433 e. The van der Waals surface area contributed by atoms with E-state index in [2.05, 4.69) is 224 Å². The molecule has 12 rings (SSSR count). The van der Waals surface area contributed by atoms with E-state index >= 15 is 0 Å². The monoisotopic (exact) mass is 1480 g/mol. The Bertz CT molecular complexity index is 4480. The molecular formula is C89H119ClF3N11O3. The molecule has 0 amide bonds. The molecule has 0 unspecified atom stereocenters. The minimum absolute atomic E-state index is 0. The van der Waals surface area contributed by atoms with Gasteiger partial charge >= 0.3 is 6.18 Å². The minimum Gasteiger partial charge on any atom is -0.461 e. The molecule has 0 fully saturated rings. The van der Waals surface area contributed by atoms with Gasteiger partial charge in [-0.3, -0.25) is 19.3 Å². The van der Waals surface area contributed by atoms with Crippen molar-refractivity contribution in [1.82, 2.24) is 54.4 Å². The summed E-state index contributed by atoms with van der Waals surface area (Å²) in [6.45, 7) is 50.5. The normalized spacial score (nSPS) is 11.3. The van der Waals surface area contributed by atoms with E-state index in [4.69, 9.17) is 25.3 Å². The molecule has 0 saturated heterocycles. The fourth-order valence-electron chi connectivity index (χ4n) is 10.3. The molecule has 576 valence electrons. The van der Waals surface area contributed by atoms with Crippen molar-refractivity contribution >= 4 is 22.5 Å². The fraction of sp³-hybridized carbons (Fsp3) is 0.416. The molecule has 0 spiro atoms. The van der Waals surface area contributed by atoms with Crippen LogP contribution in [0.15, 0.2) is 204 Å². The standard InChI is InChI=1S/C14H15NO.C13H13F3N2.C13H14O.C12H13N.2C11H20N2.C7H9ClN2.C7H11NO.CH4/c1-11(2)12-8-9-14(15-10-12)16-13-6-4-3-5-7-13;1-9(2)11-8-17-18(12(11)13(14,15)16)10-6-4-3-5-7-10;1-10(2)12-8-9-13(14-12)11-6-4-3-5-7-11;1-9(2)11-8-7-10-5-3-4-6-12(10)13-11;1-8(2)9-7-10(11(3,4)5)12-13(9)6;1-8(2)10-7-9(3)12-13(10)11(4,5)6;1-5(2)6-7(8)10-4-3-9-6;1-5(2)7-4-6(3)9-8-7;/h3-11H,1-2H3;3-9H,1-2H3;3-10H,1-2H3;3-9H,1-2H3;2*7-8H,1-6H3;3-5H,1-2H3;4-5H,1-3H3;1H4. The summed E-state index contributed by atoms with van der Waals surface area (Å²) in [7, 11) is 2.02. The van der Waals surface area contributed by atoms with E-state index in [1.807, 2.05) is 131 Å². The lowest BCUT2D eigenvalue weighted by Gasteiger charge is -2.23. The predicted octanol–water partition coefficient (Wildman–Crippen LogP) is 26.3. The Morgan fingerprint density at radius 2 is 1.10 bits per heavy atom. The van der Waals surface area contributed by atoms with Crippen LogP contribution in [0.4, 0.5) is 13.2 Å². The number of fused-ring (bicyclic) bond motifs is 1. The lowest BCUT2D eigenvalue weighted by molar-refractivity contribution is -0.143. The number of halogens is 4. The number of ether oxygens (including phenoxy) is 1. The van der Waals surface area contributed by atoms with Crippen molar-refractivity contribution in [2.24, 2.45) is 7.05 Å². The van der Waals surface area contributed by atoms with E-state index < -0.39 is 11.9 Å². The highest BCUT2D eigenvalue weighted by molar-refractivity contribution is 6.30. The van der Waals surface area contributed by atoms with Crippen LogP contribution in [-0.2, 0) is 24.2 Å². The number of aryl methyl sites for hydroxylation is 3. The van der Waals surface area contributed by atoms with Gasteiger partial charge in [0.15, 0.2) is 10.8 Å². The maximum absolute atomic E-state index is 13.1. The summed E-state index contributed by atoms with van der Waals surface area (Å²) in [4.78, 5) is 16.8. The second-order valence-electron chi connectivity index (χ2n) is 30.5. The first kappa shape index (κ1) is 89.9. The van der Waals surface area contributed by atoms with Crippen molar-refractivity contribution in [3.63, 3.8) is 0 Å². The van der Waals surface area contributed by atoms with Crippen LogP contribution in [0.2, 0.25) is 5.15 Å². The zero-order valence-corrected chi connectivity index (χ0v) is 68.0. The van der Waals surface area contributed by atoms with Crippen molar-refractivity contribution in [3.8, 4) is 28.6 Å². The van der Waals surface area contributed by atoms with Crippen molar-refractivity contribution in [2.45, 2.75) is 238 Å². The third kappa shape index (κ3) is 29.0. The van der Waals surface area contributed by atoms with Gasteiger partial charge in [-0.1, -0.05) is 253 Å². The highest BCUT2D eigenvalue weighted by Crippen LogP contribution is 2.37. The lowest BCUT2D eigenvalue weighted by Crippen LogP contribution is -2.25. The van der Waals surface area contributed by atoms with Crippen molar-refractivity contribution in [2.75, 3.05) is 0 Å². The molecule has 0 N–H and O–H groups in total. The van der Waals surface area contributed by atoms with Crippen LogP contribution >= 0.6 is 11.6 Å². The summed E-state index contributed by atoms with van der Waals surface area (Å²) in [5, 5.41) is 18.5. The Morgan fingerprint density at radius 1 is 0.523 bits per heavy atom. The Hall–Kier alpha value is -9.48. The third-order valence-corrected chi connectivity index (χ3v) is 16.7. The van der Waals surface area contributed by atoms with Crippen LogP contribution in [0.5, 0.6) is 11.6 Å². The quantitative estimate of drug-likeness (QED) is 0.115. The average molecular weight is 1480 g/mol. The number of benzene rings is 4. The van der Waals surface area contributed by atoms with Gasteiger partial charge in [-0.25, -0.2) is 14.6 Å². The van der Waals surface area contributed by atoms with Gasteiger partial charge in [-0.15, -0.1) is 0 Å². The van der Waals surface area contributed by atoms with Gasteiger partial charge in [0, 0.05) is 82.7 Å². The molecule has 18 heteroatoms. The number of pyridine rings is 2. The van der Waals surface area contributed by atoms with Gasteiger partial charge in [-0.2, -0.15) is 28.5 Å². The van der Waals surface area contributed by atoms with Crippen LogP contribution in [0.25, 0.3) is 27.9 Å². The van der Waals surface area contributed by atoms with Crippen LogP contribution in [0.1, 0.15) is 275 Å². The summed E-state index contributed by atoms with van der Waals surface area (Å²) in [5.41, 5.74) is 11.6. The largest absolute Gasteiger partial charge is 0.461 e. The molecule has 0 aliphatic heterocycles. The number of rotatable bonds is 12. The van der Waals surface area contributed by atoms with Crippen LogP contribution < -0.4 is 4.74 Å². The molecule has 12 aromatic rings. The number of nitrogens with zero attached hydrogens (tertiary/aromatic N) is 11. The lowest BCUT2D eigenvalue weighted by atomic mass is 9.92. The molecular weight excluding hydrogens is 1360 g/mol. The smallest absolute Gasteiger partial charge is 0.433 e. The number of aromatic nitrogens is 11. The van der Waals surface area contributed by atoms with Gasteiger partial charge in [0.05, 0.1) is 45.7 Å². The van der Waals surface area contributed by atoms with E-state index in [-0.39, 0.29) is 29.9 Å². The van der Waals surface area contributed by atoms with Crippen LogP contribution in [-0.4, -0.2) is 54.4 Å². The summed E-state index contributed by atoms with van der Waals surface area (Å²) < 4.78 is 60.7. The van der Waals surface area contributed by atoms with Crippen LogP contribution in [0, 0.1) is 13.8 Å². The van der Waals surface area contributed by atoms with Crippen LogP contribution in [0.3, 0.4) is 0 Å². The van der Waals surface area contributed by atoms with E-state index in [1.165, 1.54) is 39.9 Å². The Balaban J connectivity index is 0.000000260.